The van der Waals surface area contributed by atoms with E-state index in [1.54, 1.807) is 30.1 Å². The van der Waals surface area contributed by atoms with Gasteiger partial charge in [0.2, 0.25) is 5.95 Å². The Morgan fingerprint density at radius 1 is 1.12 bits per heavy atom. The van der Waals surface area contributed by atoms with Crippen molar-refractivity contribution in [2.45, 2.75) is 12.6 Å². The highest BCUT2D eigenvalue weighted by Crippen LogP contribution is 2.26. The normalized spacial score (nSPS) is 15.8. The number of anilines is 1. The van der Waals surface area contributed by atoms with Crippen molar-refractivity contribution in [1.82, 2.24) is 19.4 Å². The largest absolute Gasteiger partial charge is 0.370 e. The number of ether oxygens (including phenoxy) is 1. The second kappa shape index (κ2) is 11.4. The standard InChI is InChI=1S/C23H27N5O2.2ClH/c1-26(2)15-17-5-4-6-19(13-17)21-16-28(11-12-30-21)23-25-20(14-22(29)27(23)3)18-7-9-24-10-8-18;;/h4-10,13-14,21H,11-12,15-16H2,1-3H3;2*1H. The van der Waals surface area contributed by atoms with Crippen molar-refractivity contribution in [3.8, 4) is 11.3 Å². The molecule has 3 aromatic rings. The molecule has 1 aliphatic heterocycles. The van der Waals surface area contributed by atoms with Crippen molar-refractivity contribution >= 4 is 30.8 Å². The Labute approximate surface area is 200 Å². The van der Waals surface area contributed by atoms with Gasteiger partial charge in [-0.3, -0.25) is 14.3 Å². The maximum atomic E-state index is 12.6. The number of halogens is 2. The van der Waals surface area contributed by atoms with Gasteiger partial charge in [-0.25, -0.2) is 4.98 Å². The number of nitrogens with zero attached hydrogens (tertiary/aromatic N) is 5. The van der Waals surface area contributed by atoms with Gasteiger partial charge in [0.1, 0.15) is 6.10 Å². The summed E-state index contributed by atoms with van der Waals surface area (Å²) in [6.45, 7) is 2.80. The molecule has 1 fully saturated rings. The van der Waals surface area contributed by atoms with Gasteiger partial charge in [0.05, 0.1) is 18.8 Å². The molecular weight excluding hydrogens is 449 g/mol. The zero-order valence-corrected chi connectivity index (χ0v) is 20.1. The summed E-state index contributed by atoms with van der Waals surface area (Å²) in [5.41, 5.74) is 3.86. The van der Waals surface area contributed by atoms with E-state index in [0.717, 1.165) is 17.7 Å². The van der Waals surface area contributed by atoms with Crippen LogP contribution in [0.5, 0.6) is 0 Å². The Morgan fingerprint density at radius 3 is 2.59 bits per heavy atom. The first-order valence-electron chi connectivity index (χ1n) is 10.1. The Bertz CT molecular complexity index is 1080. The van der Waals surface area contributed by atoms with E-state index in [2.05, 4.69) is 53.1 Å². The summed E-state index contributed by atoms with van der Waals surface area (Å²) in [6.07, 6.45) is 3.35. The lowest BCUT2D eigenvalue weighted by atomic mass is 10.0. The van der Waals surface area contributed by atoms with Crippen LogP contribution in [0.25, 0.3) is 11.3 Å². The summed E-state index contributed by atoms with van der Waals surface area (Å²) in [4.78, 5) is 25.8. The van der Waals surface area contributed by atoms with Gasteiger partial charge in [0, 0.05) is 44.2 Å². The summed E-state index contributed by atoms with van der Waals surface area (Å²) in [7, 11) is 5.89. The first-order chi connectivity index (χ1) is 14.5. The SMILES string of the molecule is CN(C)Cc1cccc(C2CN(c3nc(-c4ccncc4)cc(=O)n3C)CCO2)c1.Cl.Cl. The molecule has 1 atom stereocenters. The third-order valence-corrected chi connectivity index (χ3v) is 5.26. The zero-order chi connectivity index (χ0) is 21.1. The monoisotopic (exact) mass is 477 g/mol. The average molecular weight is 478 g/mol. The maximum absolute atomic E-state index is 12.6. The third-order valence-electron chi connectivity index (χ3n) is 5.26. The molecule has 0 spiro atoms. The van der Waals surface area contributed by atoms with E-state index >= 15 is 0 Å². The molecule has 7 nitrogen and oxygen atoms in total. The smallest absolute Gasteiger partial charge is 0.255 e. The first-order valence-corrected chi connectivity index (χ1v) is 10.1. The van der Waals surface area contributed by atoms with Crippen LogP contribution in [0.1, 0.15) is 17.2 Å². The van der Waals surface area contributed by atoms with Crippen molar-refractivity contribution in [2.24, 2.45) is 7.05 Å². The molecule has 0 saturated carbocycles. The van der Waals surface area contributed by atoms with E-state index in [0.29, 0.717) is 31.3 Å². The molecule has 1 unspecified atom stereocenters. The molecule has 0 aliphatic carbocycles. The second-order valence-corrected chi connectivity index (χ2v) is 7.86. The van der Waals surface area contributed by atoms with Crippen LogP contribution in [0, 0.1) is 0 Å². The van der Waals surface area contributed by atoms with Crippen LogP contribution in [-0.4, -0.2) is 53.2 Å². The van der Waals surface area contributed by atoms with Gasteiger partial charge < -0.3 is 14.5 Å². The van der Waals surface area contributed by atoms with Gasteiger partial charge in [-0.15, -0.1) is 24.8 Å². The summed E-state index contributed by atoms with van der Waals surface area (Å²) in [6, 6.07) is 13.8. The predicted molar refractivity (Wildman–Crippen MR) is 132 cm³/mol. The minimum Gasteiger partial charge on any atom is -0.370 e. The Morgan fingerprint density at radius 2 is 1.88 bits per heavy atom. The fourth-order valence-corrected chi connectivity index (χ4v) is 3.77. The number of morpholine rings is 1. The lowest BCUT2D eigenvalue weighted by Gasteiger charge is -2.34. The first kappa shape index (κ1) is 25.8. The summed E-state index contributed by atoms with van der Waals surface area (Å²) >= 11 is 0. The number of pyridine rings is 1. The van der Waals surface area contributed by atoms with Crippen LogP contribution in [0.4, 0.5) is 5.95 Å². The van der Waals surface area contributed by atoms with E-state index in [1.807, 2.05) is 12.1 Å². The number of benzene rings is 1. The van der Waals surface area contributed by atoms with E-state index in [9.17, 15) is 4.79 Å². The molecule has 2 aromatic heterocycles. The Kier molecular flexibility index (Phi) is 9.21. The van der Waals surface area contributed by atoms with Crippen LogP contribution < -0.4 is 10.5 Å². The number of hydrogen-bond acceptors (Lipinski definition) is 6. The lowest BCUT2D eigenvalue weighted by Crippen LogP contribution is -2.41. The van der Waals surface area contributed by atoms with Crippen molar-refractivity contribution in [1.29, 1.82) is 0 Å². The van der Waals surface area contributed by atoms with Crippen molar-refractivity contribution in [3.05, 3.63) is 76.3 Å². The number of hydrogen-bond donors (Lipinski definition) is 0. The molecule has 9 heteroatoms. The summed E-state index contributed by atoms with van der Waals surface area (Å²) in [5.74, 6) is 0.659. The fourth-order valence-electron chi connectivity index (χ4n) is 3.77. The topological polar surface area (TPSA) is 63.5 Å². The molecule has 0 N–H and O–H groups in total. The van der Waals surface area contributed by atoms with Crippen LogP contribution in [0.2, 0.25) is 0 Å². The van der Waals surface area contributed by atoms with Gasteiger partial charge in [0.25, 0.3) is 5.56 Å². The van der Waals surface area contributed by atoms with E-state index in [-0.39, 0.29) is 36.5 Å². The lowest BCUT2D eigenvalue weighted by molar-refractivity contribution is 0.0389. The molecule has 1 aromatic carbocycles. The molecule has 0 radical (unpaired) electrons. The van der Waals surface area contributed by atoms with Crippen molar-refractivity contribution in [3.63, 3.8) is 0 Å². The van der Waals surface area contributed by atoms with E-state index in [1.165, 1.54) is 5.56 Å². The molecule has 1 aliphatic rings. The molecule has 32 heavy (non-hydrogen) atoms. The van der Waals surface area contributed by atoms with Crippen LogP contribution in [-0.2, 0) is 18.3 Å². The Balaban J connectivity index is 0.00000181. The van der Waals surface area contributed by atoms with Gasteiger partial charge in [-0.1, -0.05) is 24.3 Å². The Hall–Kier alpha value is -2.45. The predicted octanol–water partition coefficient (Wildman–Crippen LogP) is 3.33. The molecule has 3 heterocycles. The fraction of sp³-hybridized carbons (Fsp3) is 0.348. The average Bonchev–Trinajstić information content (AvgIpc) is 2.76. The molecule has 0 amide bonds. The number of aromatic nitrogens is 3. The van der Waals surface area contributed by atoms with Crippen LogP contribution in [0.15, 0.2) is 59.7 Å². The van der Waals surface area contributed by atoms with Crippen molar-refractivity contribution < 1.29 is 4.74 Å². The number of rotatable bonds is 5. The summed E-state index contributed by atoms with van der Waals surface area (Å²) in [5, 5.41) is 0. The minimum absolute atomic E-state index is 0. The van der Waals surface area contributed by atoms with Crippen LogP contribution in [0.3, 0.4) is 0 Å². The van der Waals surface area contributed by atoms with Crippen LogP contribution >= 0.6 is 24.8 Å². The second-order valence-electron chi connectivity index (χ2n) is 7.86. The quantitative estimate of drug-likeness (QED) is 0.561. The highest BCUT2D eigenvalue weighted by molar-refractivity contribution is 5.85. The molecular formula is C23H29Cl2N5O2. The van der Waals surface area contributed by atoms with Crippen molar-refractivity contribution in [2.75, 3.05) is 38.7 Å². The molecule has 0 bridgehead atoms. The molecule has 172 valence electrons. The minimum atomic E-state index is -0.0807. The third kappa shape index (κ3) is 5.86. The van der Waals surface area contributed by atoms with E-state index < -0.39 is 0 Å². The molecule has 4 rings (SSSR count). The summed E-state index contributed by atoms with van der Waals surface area (Å²) < 4.78 is 7.69. The van der Waals surface area contributed by atoms with Gasteiger partial charge in [-0.2, -0.15) is 0 Å². The van der Waals surface area contributed by atoms with Gasteiger partial charge in [0.15, 0.2) is 0 Å². The maximum Gasteiger partial charge on any atom is 0.255 e. The highest BCUT2D eigenvalue weighted by atomic mass is 35.5. The van der Waals surface area contributed by atoms with Gasteiger partial charge >= 0.3 is 0 Å². The molecule has 1 saturated heterocycles. The van der Waals surface area contributed by atoms with E-state index in [4.69, 9.17) is 9.72 Å². The highest BCUT2D eigenvalue weighted by Gasteiger charge is 2.25. The van der Waals surface area contributed by atoms with Gasteiger partial charge in [-0.05, 0) is 37.4 Å². The zero-order valence-electron chi connectivity index (χ0n) is 18.5.